The summed E-state index contributed by atoms with van der Waals surface area (Å²) in [6.45, 7) is 4.70. The fourth-order valence-corrected chi connectivity index (χ4v) is 1.40. The first-order valence-corrected chi connectivity index (χ1v) is 4.54. The van der Waals surface area contributed by atoms with E-state index in [0.29, 0.717) is 12.0 Å². The highest BCUT2D eigenvalue weighted by Gasteiger charge is 2.26. The van der Waals surface area contributed by atoms with Gasteiger partial charge in [0.25, 0.3) is 0 Å². The number of hydrogen-bond donors (Lipinski definition) is 0. The molecule has 1 heteroatoms. The Bertz CT molecular complexity index is 274. The van der Waals surface area contributed by atoms with Gasteiger partial charge in [-0.1, -0.05) is 36.4 Å². The van der Waals surface area contributed by atoms with Crippen LogP contribution in [0.2, 0.25) is 0 Å². The Morgan fingerprint density at radius 2 is 2.08 bits per heavy atom. The molecule has 1 aliphatic rings. The summed E-state index contributed by atoms with van der Waals surface area (Å²) in [5.74, 6) is 0.327. The maximum atomic E-state index is 5.16. The van der Waals surface area contributed by atoms with Crippen molar-refractivity contribution in [2.24, 2.45) is 0 Å². The minimum absolute atomic E-state index is 0.327. The highest BCUT2D eigenvalue weighted by molar-refractivity contribution is 5.27. The summed E-state index contributed by atoms with van der Waals surface area (Å²) in [6.07, 6.45) is 4.50. The van der Waals surface area contributed by atoms with E-state index in [1.807, 2.05) is 24.3 Å². The zero-order valence-corrected chi connectivity index (χ0v) is 7.52. The molecule has 0 aromatic heterocycles. The predicted molar refractivity (Wildman–Crippen MR) is 53.4 cm³/mol. The predicted octanol–water partition coefficient (Wildman–Crippen LogP) is 2.56. The number of rotatable bonds is 4. The number of ether oxygens (including phenoxy) is 1. The summed E-state index contributed by atoms with van der Waals surface area (Å²) in [6, 6.07) is 10.4. The molecule has 2 unspecified atom stereocenters. The van der Waals surface area contributed by atoms with Crippen molar-refractivity contribution in [2.45, 2.75) is 12.0 Å². The van der Waals surface area contributed by atoms with E-state index in [0.717, 1.165) is 6.61 Å². The van der Waals surface area contributed by atoms with E-state index < -0.39 is 0 Å². The molecule has 0 spiro atoms. The fourth-order valence-electron chi connectivity index (χ4n) is 1.40. The molecule has 0 N–H and O–H groups in total. The third-order valence-corrected chi connectivity index (χ3v) is 2.22. The van der Waals surface area contributed by atoms with Crippen LogP contribution in [-0.2, 0) is 4.74 Å². The fraction of sp³-hybridized carbons (Fsp3) is 0.250. The highest BCUT2D eigenvalue weighted by atomic mass is 16.6. The normalized spacial score (nSPS) is 22.3. The van der Waals surface area contributed by atoms with Crippen LogP contribution >= 0.6 is 0 Å². The van der Waals surface area contributed by atoms with Crippen molar-refractivity contribution < 1.29 is 4.74 Å². The monoisotopic (exact) mass is 173 g/mol. The number of epoxide rings is 1. The van der Waals surface area contributed by atoms with Crippen molar-refractivity contribution in [3.63, 3.8) is 0 Å². The molecule has 0 aliphatic carbocycles. The largest absolute Gasteiger partial charge is 0.373 e. The van der Waals surface area contributed by atoms with E-state index in [1.165, 1.54) is 5.56 Å². The second-order valence-corrected chi connectivity index (χ2v) is 3.24. The second kappa shape index (κ2) is 3.75. The average molecular weight is 173 g/mol. The maximum Gasteiger partial charge on any atom is 0.0850 e. The SMILES string of the molecule is C=CC([CH]C1CO1)c1ccccc1. The van der Waals surface area contributed by atoms with Crippen LogP contribution < -0.4 is 0 Å². The van der Waals surface area contributed by atoms with E-state index in [2.05, 4.69) is 25.1 Å². The van der Waals surface area contributed by atoms with Gasteiger partial charge in [-0.3, -0.25) is 0 Å². The molecule has 1 saturated heterocycles. The summed E-state index contributed by atoms with van der Waals surface area (Å²) in [4.78, 5) is 0. The standard InChI is InChI=1S/C12H13O/c1-2-10(8-12-9-13-12)11-6-4-3-5-7-11/h2-8,10,12H,1,9H2. The molecular weight excluding hydrogens is 160 g/mol. The van der Waals surface area contributed by atoms with Gasteiger partial charge < -0.3 is 4.74 Å². The first kappa shape index (κ1) is 8.52. The zero-order chi connectivity index (χ0) is 9.10. The molecule has 1 heterocycles. The van der Waals surface area contributed by atoms with Crippen LogP contribution in [0.3, 0.4) is 0 Å². The number of hydrogen-bond acceptors (Lipinski definition) is 1. The van der Waals surface area contributed by atoms with Crippen LogP contribution in [0.25, 0.3) is 0 Å². The van der Waals surface area contributed by atoms with E-state index in [4.69, 9.17) is 4.74 Å². The van der Waals surface area contributed by atoms with E-state index in [-0.39, 0.29) is 0 Å². The van der Waals surface area contributed by atoms with Crippen molar-refractivity contribution in [1.82, 2.24) is 0 Å². The quantitative estimate of drug-likeness (QED) is 0.503. The van der Waals surface area contributed by atoms with Gasteiger partial charge in [-0.15, -0.1) is 6.58 Å². The Kier molecular flexibility index (Phi) is 2.46. The van der Waals surface area contributed by atoms with E-state index in [9.17, 15) is 0 Å². The van der Waals surface area contributed by atoms with Gasteiger partial charge in [0, 0.05) is 12.3 Å². The smallest absolute Gasteiger partial charge is 0.0850 e. The van der Waals surface area contributed by atoms with Gasteiger partial charge in [0.2, 0.25) is 0 Å². The molecule has 2 atom stereocenters. The average Bonchev–Trinajstić information content (AvgIpc) is 2.99. The molecule has 1 radical (unpaired) electrons. The van der Waals surface area contributed by atoms with Gasteiger partial charge in [-0.05, 0) is 5.56 Å². The van der Waals surface area contributed by atoms with E-state index in [1.54, 1.807) is 0 Å². The minimum atomic E-state index is 0.327. The van der Waals surface area contributed by atoms with Crippen LogP contribution in [0.1, 0.15) is 11.5 Å². The number of benzene rings is 1. The molecule has 1 fully saturated rings. The first-order valence-electron chi connectivity index (χ1n) is 4.54. The Morgan fingerprint density at radius 1 is 1.38 bits per heavy atom. The van der Waals surface area contributed by atoms with Crippen molar-refractivity contribution in [2.75, 3.05) is 6.61 Å². The Labute approximate surface area is 79.0 Å². The lowest BCUT2D eigenvalue weighted by molar-refractivity contribution is 0.424. The topological polar surface area (TPSA) is 12.5 Å². The lowest BCUT2D eigenvalue weighted by atomic mass is 9.95. The van der Waals surface area contributed by atoms with E-state index >= 15 is 0 Å². The van der Waals surface area contributed by atoms with Gasteiger partial charge in [-0.2, -0.15) is 0 Å². The van der Waals surface area contributed by atoms with Gasteiger partial charge in [-0.25, -0.2) is 0 Å². The molecule has 1 aliphatic heterocycles. The third-order valence-electron chi connectivity index (χ3n) is 2.22. The summed E-state index contributed by atoms with van der Waals surface area (Å²) in [5.41, 5.74) is 1.29. The Balaban J connectivity index is 2.06. The minimum Gasteiger partial charge on any atom is -0.373 e. The first-order chi connectivity index (χ1) is 6.40. The molecule has 67 valence electrons. The lowest BCUT2D eigenvalue weighted by Crippen LogP contribution is -2.00. The van der Waals surface area contributed by atoms with Crippen molar-refractivity contribution in [1.29, 1.82) is 0 Å². The van der Waals surface area contributed by atoms with Crippen LogP contribution in [-0.4, -0.2) is 12.7 Å². The molecule has 1 aromatic rings. The summed E-state index contributed by atoms with van der Waals surface area (Å²) in [7, 11) is 0. The van der Waals surface area contributed by atoms with Crippen molar-refractivity contribution in [3.05, 3.63) is 55.0 Å². The van der Waals surface area contributed by atoms with Crippen molar-refractivity contribution in [3.8, 4) is 0 Å². The molecule has 0 bridgehead atoms. The van der Waals surface area contributed by atoms with Crippen LogP contribution in [0, 0.1) is 6.42 Å². The summed E-state index contributed by atoms with van der Waals surface area (Å²) in [5, 5.41) is 0. The molecular formula is C12H13O. The molecule has 0 saturated carbocycles. The number of allylic oxidation sites excluding steroid dienone is 1. The van der Waals surface area contributed by atoms with Gasteiger partial charge >= 0.3 is 0 Å². The van der Waals surface area contributed by atoms with Gasteiger partial charge in [0.1, 0.15) is 0 Å². The van der Waals surface area contributed by atoms with Crippen LogP contribution in [0.5, 0.6) is 0 Å². The molecule has 1 nitrogen and oxygen atoms in total. The van der Waals surface area contributed by atoms with Gasteiger partial charge in [0.05, 0.1) is 12.7 Å². The summed E-state index contributed by atoms with van der Waals surface area (Å²) < 4.78 is 5.16. The maximum absolute atomic E-state index is 5.16. The Hall–Kier alpha value is -1.08. The van der Waals surface area contributed by atoms with Crippen LogP contribution in [0.4, 0.5) is 0 Å². The zero-order valence-electron chi connectivity index (χ0n) is 7.52. The molecule has 1 aromatic carbocycles. The lowest BCUT2D eigenvalue weighted by Gasteiger charge is -2.09. The second-order valence-electron chi connectivity index (χ2n) is 3.24. The summed E-state index contributed by atoms with van der Waals surface area (Å²) >= 11 is 0. The van der Waals surface area contributed by atoms with Gasteiger partial charge in [0.15, 0.2) is 0 Å². The third kappa shape index (κ3) is 2.19. The highest BCUT2D eigenvalue weighted by Crippen LogP contribution is 2.26. The molecule has 0 amide bonds. The molecule has 13 heavy (non-hydrogen) atoms. The van der Waals surface area contributed by atoms with Crippen LogP contribution in [0.15, 0.2) is 43.0 Å². The Morgan fingerprint density at radius 3 is 2.62 bits per heavy atom. The molecule has 2 rings (SSSR count). The van der Waals surface area contributed by atoms with Crippen molar-refractivity contribution >= 4 is 0 Å².